The number of rotatable bonds is 3. The number of nitrogens with zero attached hydrogens (tertiary/aromatic N) is 1. The number of nitrogen functional groups attached to an aromatic ring is 1. The van der Waals surface area contributed by atoms with Crippen LogP contribution in [0, 0.1) is 5.92 Å². The Morgan fingerprint density at radius 1 is 1.50 bits per heavy atom. The molecular formula is C13H20N2O. The number of pyridine rings is 1. The molecule has 1 aromatic rings. The van der Waals surface area contributed by atoms with Crippen molar-refractivity contribution in [2.45, 2.75) is 45.3 Å². The minimum atomic E-state index is 0.406. The first-order valence-corrected chi connectivity index (χ1v) is 6.06. The number of aromatic nitrogens is 1. The van der Waals surface area contributed by atoms with Crippen LogP contribution < -0.4 is 5.73 Å². The Morgan fingerprint density at radius 3 is 3.12 bits per heavy atom. The molecule has 0 bridgehead atoms. The van der Waals surface area contributed by atoms with E-state index in [1.807, 2.05) is 12.1 Å². The summed E-state index contributed by atoms with van der Waals surface area (Å²) in [6.45, 7) is 2.89. The van der Waals surface area contributed by atoms with Gasteiger partial charge in [0.15, 0.2) is 0 Å². The lowest BCUT2D eigenvalue weighted by Gasteiger charge is -2.26. The van der Waals surface area contributed by atoms with Gasteiger partial charge in [-0.25, -0.2) is 4.98 Å². The van der Waals surface area contributed by atoms with Crippen LogP contribution >= 0.6 is 0 Å². The molecule has 16 heavy (non-hydrogen) atoms. The van der Waals surface area contributed by atoms with E-state index in [1.54, 1.807) is 6.20 Å². The summed E-state index contributed by atoms with van der Waals surface area (Å²) < 4.78 is 5.90. The summed E-state index contributed by atoms with van der Waals surface area (Å²) in [5.41, 5.74) is 6.77. The second-order valence-corrected chi connectivity index (χ2v) is 4.75. The summed E-state index contributed by atoms with van der Waals surface area (Å²) in [7, 11) is 0. The highest BCUT2D eigenvalue weighted by atomic mass is 16.5. The van der Waals surface area contributed by atoms with E-state index >= 15 is 0 Å². The Labute approximate surface area is 97.0 Å². The average Bonchev–Trinajstić information content (AvgIpc) is 2.28. The Morgan fingerprint density at radius 2 is 2.38 bits per heavy atom. The molecule has 0 saturated heterocycles. The molecule has 3 nitrogen and oxygen atoms in total. The largest absolute Gasteiger partial charge is 0.383 e. The highest BCUT2D eigenvalue weighted by Gasteiger charge is 2.19. The lowest BCUT2D eigenvalue weighted by atomic mass is 9.89. The van der Waals surface area contributed by atoms with Crippen molar-refractivity contribution in [1.29, 1.82) is 0 Å². The fourth-order valence-corrected chi connectivity index (χ4v) is 2.31. The number of hydrogen-bond acceptors (Lipinski definition) is 3. The molecule has 88 valence electrons. The van der Waals surface area contributed by atoms with Crippen molar-refractivity contribution >= 4 is 5.82 Å². The minimum absolute atomic E-state index is 0.406. The third kappa shape index (κ3) is 2.95. The van der Waals surface area contributed by atoms with Gasteiger partial charge in [-0.05, 0) is 24.8 Å². The zero-order valence-corrected chi connectivity index (χ0v) is 9.86. The summed E-state index contributed by atoms with van der Waals surface area (Å²) in [5, 5.41) is 0. The predicted octanol–water partition coefficient (Wildman–Crippen LogP) is 2.76. The molecule has 1 aromatic heterocycles. The van der Waals surface area contributed by atoms with Crippen LogP contribution in [0.5, 0.6) is 0 Å². The second kappa shape index (κ2) is 5.30. The van der Waals surface area contributed by atoms with E-state index in [-0.39, 0.29) is 0 Å². The van der Waals surface area contributed by atoms with E-state index < -0.39 is 0 Å². The van der Waals surface area contributed by atoms with Crippen LogP contribution in [-0.2, 0) is 11.3 Å². The van der Waals surface area contributed by atoms with Crippen molar-refractivity contribution in [2.75, 3.05) is 5.73 Å². The van der Waals surface area contributed by atoms with Gasteiger partial charge in [0.05, 0.1) is 12.7 Å². The monoisotopic (exact) mass is 220 g/mol. The average molecular weight is 220 g/mol. The second-order valence-electron chi connectivity index (χ2n) is 4.75. The van der Waals surface area contributed by atoms with Crippen LogP contribution in [0.2, 0.25) is 0 Å². The molecule has 1 fully saturated rings. The molecule has 2 rings (SSSR count). The fraction of sp³-hybridized carbons (Fsp3) is 0.615. The van der Waals surface area contributed by atoms with E-state index in [0.717, 1.165) is 11.5 Å². The highest BCUT2D eigenvalue weighted by Crippen LogP contribution is 2.26. The van der Waals surface area contributed by atoms with Gasteiger partial charge < -0.3 is 10.5 Å². The quantitative estimate of drug-likeness (QED) is 0.852. The van der Waals surface area contributed by atoms with Crippen LogP contribution in [-0.4, -0.2) is 11.1 Å². The fourth-order valence-electron chi connectivity index (χ4n) is 2.31. The van der Waals surface area contributed by atoms with E-state index in [0.29, 0.717) is 18.5 Å². The Bertz CT molecular complexity index is 340. The number of ether oxygens (including phenoxy) is 1. The first-order valence-electron chi connectivity index (χ1n) is 6.06. The van der Waals surface area contributed by atoms with Gasteiger partial charge in [-0.2, -0.15) is 0 Å². The first kappa shape index (κ1) is 11.4. The summed E-state index contributed by atoms with van der Waals surface area (Å²) in [6.07, 6.45) is 7.11. The molecule has 3 heteroatoms. The van der Waals surface area contributed by atoms with Gasteiger partial charge in [0, 0.05) is 11.8 Å². The normalized spacial score (nSPS) is 25.6. The van der Waals surface area contributed by atoms with Crippen molar-refractivity contribution < 1.29 is 4.74 Å². The first-order chi connectivity index (χ1) is 7.75. The molecule has 1 saturated carbocycles. The standard InChI is InChI=1S/C13H20N2O/c1-10-4-2-6-12(8-10)16-9-11-5-3-7-15-13(11)14/h3,5,7,10,12H,2,4,6,8-9H2,1H3,(H2,14,15). The third-order valence-corrected chi connectivity index (χ3v) is 3.29. The zero-order valence-electron chi connectivity index (χ0n) is 9.86. The minimum Gasteiger partial charge on any atom is -0.383 e. The Hall–Kier alpha value is -1.09. The van der Waals surface area contributed by atoms with E-state index in [4.69, 9.17) is 10.5 Å². The Kier molecular flexibility index (Phi) is 3.78. The van der Waals surface area contributed by atoms with Crippen molar-refractivity contribution in [2.24, 2.45) is 5.92 Å². The van der Waals surface area contributed by atoms with Crippen LogP contribution in [0.1, 0.15) is 38.2 Å². The molecule has 1 aliphatic rings. The summed E-state index contributed by atoms with van der Waals surface area (Å²) >= 11 is 0. The number of hydrogen-bond donors (Lipinski definition) is 1. The maximum absolute atomic E-state index is 5.90. The van der Waals surface area contributed by atoms with Gasteiger partial charge >= 0.3 is 0 Å². The number of nitrogens with two attached hydrogens (primary N) is 1. The molecule has 2 atom stereocenters. The van der Waals surface area contributed by atoms with Crippen LogP contribution in [0.25, 0.3) is 0 Å². The van der Waals surface area contributed by atoms with E-state index in [2.05, 4.69) is 11.9 Å². The molecule has 1 aliphatic carbocycles. The molecule has 1 heterocycles. The van der Waals surface area contributed by atoms with Gasteiger partial charge in [-0.1, -0.05) is 25.8 Å². The molecule has 0 spiro atoms. The zero-order chi connectivity index (χ0) is 11.4. The molecule has 0 amide bonds. The van der Waals surface area contributed by atoms with Crippen LogP contribution in [0.15, 0.2) is 18.3 Å². The van der Waals surface area contributed by atoms with Gasteiger partial charge in [0.1, 0.15) is 5.82 Å². The lowest BCUT2D eigenvalue weighted by Crippen LogP contribution is -2.21. The van der Waals surface area contributed by atoms with Crippen molar-refractivity contribution in [3.8, 4) is 0 Å². The summed E-state index contributed by atoms with van der Waals surface area (Å²) in [5.74, 6) is 1.39. The van der Waals surface area contributed by atoms with E-state index in [1.165, 1.54) is 25.7 Å². The highest BCUT2D eigenvalue weighted by molar-refractivity contribution is 5.37. The molecule has 0 radical (unpaired) electrons. The van der Waals surface area contributed by atoms with Crippen molar-refractivity contribution in [3.05, 3.63) is 23.9 Å². The maximum atomic E-state index is 5.90. The molecule has 2 N–H and O–H groups in total. The molecular weight excluding hydrogens is 200 g/mol. The van der Waals surface area contributed by atoms with Crippen LogP contribution in [0.3, 0.4) is 0 Å². The molecule has 2 unspecified atom stereocenters. The maximum Gasteiger partial charge on any atom is 0.128 e. The van der Waals surface area contributed by atoms with Gasteiger partial charge in [-0.15, -0.1) is 0 Å². The smallest absolute Gasteiger partial charge is 0.128 e. The Balaban J connectivity index is 1.85. The van der Waals surface area contributed by atoms with E-state index in [9.17, 15) is 0 Å². The lowest BCUT2D eigenvalue weighted by molar-refractivity contribution is 0.00484. The number of anilines is 1. The predicted molar refractivity (Wildman–Crippen MR) is 64.9 cm³/mol. The molecule has 0 aromatic carbocycles. The van der Waals surface area contributed by atoms with Gasteiger partial charge in [-0.3, -0.25) is 0 Å². The van der Waals surface area contributed by atoms with Crippen molar-refractivity contribution in [3.63, 3.8) is 0 Å². The summed E-state index contributed by atoms with van der Waals surface area (Å²) in [6, 6.07) is 3.88. The van der Waals surface area contributed by atoms with Crippen molar-refractivity contribution in [1.82, 2.24) is 4.98 Å². The topological polar surface area (TPSA) is 48.1 Å². The van der Waals surface area contributed by atoms with Crippen LogP contribution in [0.4, 0.5) is 5.82 Å². The third-order valence-electron chi connectivity index (χ3n) is 3.29. The van der Waals surface area contributed by atoms with Gasteiger partial charge in [0.2, 0.25) is 0 Å². The SMILES string of the molecule is CC1CCCC(OCc2cccnc2N)C1. The molecule has 0 aliphatic heterocycles. The van der Waals surface area contributed by atoms with Gasteiger partial charge in [0.25, 0.3) is 0 Å². The summed E-state index contributed by atoms with van der Waals surface area (Å²) in [4.78, 5) is 4.06.